The lowest BCUT2D eigenvalue weighted by Crippen LogP contribution is -2.45. The van der Waals surface area contributed by atoms with E-state index in [2.05, 4.69) is 53.5 Å². The smallest absolute Gasteiger partial charge is 0.251 e. The molecule has 0 spiro atoms. The van der Waals surface area contributed by atoms with Crippen molar-refractivity contribution in [3.63, 3.8) is 0 Å². The monoisotopic (exact) mass is 347 g/mol. The quantitative estimate of drug-likeness (QED) is 0.496. The zero-order valence-corrected chi connectivity index (χ0v) is 16.4. The highest BCUT2D eigenvalue weighted by Gasteiger charge is 2.12. The first-order valence-corrected chi connectivity index (χ1v) is 8.90. The molecule has 0 saturated heterocycles. The lowest BCUT2D eigenvalue weighted by Gasteiger charge is -2.30. The summed E-state index contributed by atoms with van der Waals surface area (Å²) in [6, 6.07) is 8.60. The molecular formula is C19H33N5O. The van der Waals surface area contributed by atoms with Gasteiger partial charge in [-0.3, -0.25) is 14.7 Å². The minimum atomic E-state index is -0.0724. The average molecular weight is 348 g/mol. The zero-order chi connectivity index (χ0) is 18.8. The second kappa shape index (κ2) is 10.7. The van der Waals surface area contributed by atoms with Gasteiger partial charge in [0.15, 0.2) is 5.96 Å². The van der Waals surface area contributed by atoms with E-state index in [4.69, 9.17) is 0 Å². The molecule has 6 nitrogen and oxygen atoms in total. The van der Waals surface area contributed by atoms with Gasteiger partial charge in [0.25, 0.3) is 5.91 Å². The molecule has 1 amide bonds. The van der Waals surface area contributed by atoms with Gasteiger partial charge in [0.1, 0.15) is 0 Å². The highest BCUT2D eigenvalue weighted by molar-refractivity contribution is 5.93. The largest absolute Gasteiger partial charge is 0.355 e. The standard InChI is InChI=1S/C19H33N5O/c1-14(2)24(15(3)4)12-11-22-19(21-6)23-13-16-7-9-17(10-8-16)18(25)20-5/h7-10,14-15H,11-13H2,1-6H3,(H,20,25)(H2,21,22,23). The van der Waals surface area contributed by atoms with Crippen LogP contribution in [0.5, 0.6) is 0 Å². The molecule has 140 valence electrons. The number of nitrogens with zero attached hydrogens (tertiary/aromatic N) is 2. The lowest BCUT2D eigenvalue weighted by atomic mass is 10.1. The molecule has 0 atom stereocenters. The lowest BCUT2D eigenvalue weighted by molar-refractivity contribution is 0.0963. The molecule has 0 bridgehead atoms. The van der Waals surface area contributed by atoms with Crippen molar-refractivity contribution in [2.45, 2.75) is 46.3 Å². The normalized spacial score (nSPS) is 12.0. The van der Waals surface area contributed by atoms with Crippen LogP contribution in [0.15, 0.2) is 29.3 Å². The number of carbonyl (C=O) groups is 1. The van der Waals surface area contributed by atoms with Crippen LogP contribution in [0.2, 0.25) is 0 Å². The van der Waals surface area contributed by atoms with E-state index < -0.39 is 0 Å². The predicted octanol–water partition coefficient (Wildman–Crippen LogP) is 1.83. The molecule has 0 aliphatic rings. The van der Waals surface area contributed by atoms with Gasteiger partial charge in [-0.2, -0.15) is 0 Å². The SMILES string of the molecule is CN=C(NCCN(C(C)C)C(C)C)NCc1ccc(C(=O)NC)cc1. The highest BCUT2D eigenvalue weighted by Crippen LogP contribution is 2.05. The third-order valence-electron chi connectivity index (χ3n) is 4.12. The molecule has 0 aliphatic heterocycles. The minimum absolute atomic E-state index is 0.0724. The maximum Gasteiger partial charge on any atom is 0.251 e. The van der Waals surface area contributed by atoms with E-state index >= 15 is 0 Å². The topological polar surface area (TPSA) is 68.8 Å². The van der Waals surface area contributed by atoms with Crippen LogP contribution in [-0.2, 0) is 6.54 Å². The summed E-state index contributed by atoms with van der Waals surface area (Å²) in [7, 11) is 3.40. The van der Waals surface area contributed by atoms with Crippen molar-refractivity contribution in [1.29, 1.82) is 0 Å². The van der Waals surface area contributed by atoms with Crippen LogP contribution in [0.25, 0.3) is 0 Å². The summed E-state index contributed by atoms with van der Waals surface area (Å²) in [6.07, 6.45) is 0. The summed E-state index contributed by atoms with van der Waals surface area (Å²) >= 11 is 0. The van der Waals surface area contributed by atoms with E-state index in [0.717, 1.165) is 24.6 Å². The predicted molar refractivity (Wildman–Crippen MR) is 105 cm³/mol. The molecule has 0 unspecified atom stereocenters. The van der Waals surface area contributed by atoms with E-state index in [0.29, 0.717) is 24.2 Å². The molecule has 0 saturated carbocycles. The Labute approximate surface area is 152 Å². The molecule has 0 radical (unpaired) electrons. The van der Waals surface area contributed by atoms with Crippen LogP contribution in [0.3, 0.4) is 0 Å². The summed E-state index contributed by atoms with van der Waals surface area (Å²) in [5, 5.41) is 9.27. The van der Waals surface area contributed by atoms with E-state index in [-0.39, 0.29) is 5.91 Å². The van der Waals surface area contributed by atoms with Gasteiger partial charge in [0.05, 0.1) is 0 Å². The molecule has 0 aliphatic carbocycles. The van der Waals surface area contributed by atoms with Crippen molar-refractivity contribution < 1.29 is 4.79 Å². The number of nitrogens with one attached hydrogen (secondary N) is 3. The van der Waals surface area contributed by atoms with Gasteiger partial charge < -0.3 is 16.0 Å². The van der Waals surface area contributed by atoms with Crippen LogP contribution in [0, 0.1) is 0 Å². The van der Waals surface area contributed by atoms with Gasteiger partial charge in [0, 0.05) is 51.4 Å². The summed E-state index contributed by atoms with van der Waals surface area (Å²) in [5.74, 6) is 0.708. The minimum Gasteiger partial charge on any atom is -0.355 e. The summed E-state index contributed by atoms with van der Waals surface area (Å²) < 4.78 is 0. The van der Waals surface area contributed by atoms with E-state index in [1.54, 1.807) is 14.1 Å². The van der Waals surface area contributed by atoms with Crippen molar-refractivity contribution in [3.05, 3.63) is 35.4 Å². The molecule has 1 rings (SSSR count). The van der Waals surface area contributed by atoms with Crippen LogP contribution in [0.4, 0.5) is 0 Å². The van der Waals surface area contributed by atoms with Crippen molar-refractivity contribution in [2.75, 3.05) is 27.2 Å². The molecule has 1 aromatic carbocycles. The summed E-state index contributed by atoms with van der Waals surface area (Å²) in [5.41, 5.74) is 1.76. The Bertz CT molecular complexity index is 543. The van der Waals surface area contributed by atoms with Crippen molar-refractivity contribution >= 4 is 11.9 Å². The van der Waals surface area contributed by atoms with Crippen LogP contribution < -0.4 is 16.0 Å². The second-order valence-electron chi connectivity index (χ2n) is 6.55. The second-order valence-corrected chi connectivity index (χ2v) is 6.55. The van der Waals surface area contributed by atoms with E-state index in [1.807, 2.05) is 24.3 Å². The number of carbonyl (C=O) groups excluding carboxylic acids is 1. The van der Waals surface area contributed by atoms with Gasteiger partial charge in [-0.05, 0) is 45.4 Å². The molecule has 0 fully saturated rings. The Morgan fingerprint density at radius 1 is 1.08 bits per heavy atom. The first-order chi connectivity index (χ1) is 11.9. The summed E-state index contributed by atoms with van der Waals surface area (Å²) in [4.78, 5) is 18.2. The van der Waals surface area contributed by atoms with Crippen LogP contribution >= 0.6 is 0 Å². The number of aliphatic imine (C=N–C) groups is 1. The highest BCUT2D eigenvalue weighted by atomic mass is 16.1. The molecule has 0 aromatic heterocycles. The van der Waals surface area contributed by atoms with E-state index in [1.165, 1.54) is 0 Å². The fourth-order valence-electron chi connectivity index (χ4n) is 2.74. The van der Waals surface area contributed by atoms with Gasteiger partial charge >= 0.3 is 0 Å². The Hall–Kier alpha value is -2.08. The van der Waals surface area contributed by atoms with Gasteiger partial charge in [-0.1, -0.05) is 12.1 Å². The Morgan fingerprint density at radius 2 is 1.68 bits per heavy atom. The molecule has 1 aromatic rings. The van der Waals surface area contributed by atoms with Crippen molar-refractivity contribution in [3.8, 4) is 0 Å². The first kappa shape index (κ1) is 21.0. The molecular weight excluding hydrogens is 314 g/mol. The fourth-order valence-corrected chi connectivity index (χ4v) is 2.74. The van der Waals surface area contributed by atoms with Gasteiger partial charge in [-0.25, -0.2) is 0 Å². The third-order valence-corrected chi connectivity index (χ3v) is 4.12. The number of benzene rings is 1. The maximum atomic E-state index is 11.5. The van der Waals surface area contributed by atoms with Crippen molar-refractivity contribution in [1.82, 2.24) is 20.9 Å². The maximum absolute atomic E-state index is 11.5. The molecule has 6 heteroatoms. The Balaban J connectivity index is 2.45. The molecule has 25 heavy (non-hydrogen) atoms. The fraction of sp³-hybridized carbons (Fsp3) is 0.579. The Morgan fingerprint density at radius 3 is 2.16 bits per heavy atom. The average Bonchev–Trinajstić information content (AvgIpc) is 2.60. The van der Waals surface area contributed by atoms with Crippen LogP contribution in [-0.4, -0.2) is 56.0 Å². The van der Waals surface area contributed by atoms with E-state index in [9.17, 15) is 4.79 Å². The number of rotatable bonds is 8. The zero-order valence-electron chi connectivity index (χ0n) is 16.4. The summed E-state index contributed by atoms with van der Waals surface area (Å²) in [6.45, 7) is 11.3. The third kappa shape index (κ3) is 7.13. The first-order valence-electron chi connectivity index (χ1n) is 8.90. The van der Waals surface area contributed by atoms with Gasteiger partial charge in [0.2, 0.25) is 0 Å². The van der Waals surface area contributed by atoms with Crippen molar-refractivity contribution in [2.24, 2.45) is 4.99 Å². The van der Waals surface area contributed by atoms with Crippen LogP contribution in [0.1, 0.15) is 43.6 Å². The Kier molecular flexibility index (Phi) is 8.99. The molecule has 3 N–H and O–H groups in total. The number of hydrogen-bond donors (Lipinski definition) is 3. The number of amides is 1. The number of hydrogen-bond acceptors (Lipinski definition) is 3. The number of guanidine groups is 1. The molecule has 0 heterocycles. The van der Waals surface area contributed by atoms with Gasteiger partial charge in [-0.15, -0.1) is 0 Å².